The maximum atomic E-state index is 13.1. The first-order chi connectivity index (χ1) is 19.4. The second-order valence-electron chi connectivity index (χ2n) is 9.09. The van der Waals surface area contributed by atoms with Crippen molar-refractivity contribution in [1.29, 1.82) is 0 Å². The molecule has 4 N–H and O–H groups in total. The highest BCUT2D eigenvalue weighted by molar-refractivity contribution is 6.06. The van der Waals surface area contributed by atoms with Crippen LogP contribution in [0.4, 0.5) is 17.2 Å². The number of hydrogen-bond acceptors (Lipinski definition) is 8. The van der Waals surface area contributed by atoms with Gasteiger partial charge in [0.1, 0.15) is 12.4 Å². The van der Waals surface area contributed by atoms with E-state index in [1.54, 1.807) is 68.8 Å². The molecule has 0 aliphatic carbocycles. The number of carbonyl (C=O) groups is 2. The molecule has 2 heterocycles. The van der Waals surface area contributed by atoms with E-state index in [-0.39, 0.29) is 18.3 Å². The number of benzene rings is 3. The highest BCUT2D eigenvalue weighted by Crippen LogP contribution is 2.29. The van der Waals surface area contributed by atoms with E-state index in [0.717, 1.165) is 5.56 Å². The van der Waals surface area contributed by atoms with E-state index in [1.165, 1.54) is 0 Å². The lowest BCUT2D eigenvalue weighted by Gasteiger charge is -2.13. The van der Waals surface area contributed by atoms with Crippen molar-refractivity contribution in [2.75, 3.05) is 24.4 Å². The van der Waals surface area contributed by atoms with Crippen molar-refractivity contribution < 1.29 is 24.5 Å². The Morgan fingerprint density at radius 1 is 1.02 bits per heavy atom. The second kappa shape index (κ2) is 11.4. The summed E-state index contributed by atoms with van der Waals surface area (Å²) in [5.74, 6) is 0.353. The fourth-order valence-corrected chi connectivity index (χ4v) is 4.33. The third-order valence-electron chi connectivity index (χ3n) is 6.45. The number of nitrogens with zero attached hydrogens (tertiary/aromatic N) is 3. The molecule has 10 heteroatoms. The van der Waals surface area contributed by atoms with Gasteiger partial charge in [0.2, 0.25) is 0 Å². The number of carbonyl (C=O) groups excluding carboxylic acids is 2. The Balaban J connectivity index is 1.43. The number of ether oxygens (including phenoxy) is 1. The Hall–Kier alpha value is -5.06. The second-order valence-corrected chi connectivity index (χ2v) is 9.09. The van der Waals surface area contributed by atoms with Crippen molar-refractivity contribution in [3.63, 3.8) is 0 Å². The molecule has 2 aromatic heterocycles. The Labute approximate surface area is 229 Å². The van der Waals surface area contributed by atoms with Crippen molar-refractivity contribution in [1.82, 2.24) is 14.4 Å². The monoisotopic (exact) mass is 537 g/mol. The van der Waals surface area contributed by atoms with Crippen LogP contribution in [0, 0.1) is 6.92 Å². The van der Waals surface area contributed by atoms with Gasteiger partial charge in [-0.2, -0.15) is 0 Å². The fraction of sp³-hybridized carbons (Fsp3) is 0.133. The summed E-state index contributed by atoms with van der Waals surface area (Å²) in [7, 11) is 1.54. The van der Waals surface area contributed by atoms with Crippen molar-refractivity contribution in [2.24, 2.45) is 0 Å². The van der Waals surface area contributed by atoms with Crippen LogP contribution in [0.15, 0.2) is 79.3 Å². The first kappa shape index (κ1) is 26.5. The standard InChI is InChI=1S/C30H27N5O5/c1-18-12-20(26(38)17-37)7-9-24(18)34-30(39)21-5-3-4-19(13-21)25-15-35-11-10-31-29(35)28(33-25)32-23-8-6-22(16-36)27(14-23)40-2/h3-15,36-37H,16-17H2,1-2H3,(H,32,33)(H,34,39). The normalized spacial score (nSPS) is 10.9. The number of anilines is 3. The zero-order valence-corrected chi connectivity index (χ0v) is 21.9. The molecule has 202 valence electrons. The van der Waals surface area contributed by atoms with E-state index in [1.807, 2.05) is 28.9 Å². The Morgan fingerprint density at radius 2 is 1.88 bits per heavy atom. The number of fused-ring (bicyclic) bond motifs is 1. The largest absolute Gasteiger partial charge is 0.496 e. The summed E-state index contributed by atoms with van der Waals surface area (Å²) < 4.78 is 7.23. The van der Waals surface area contributed by atoms with Gasteiger partial charge in [0.15, 0.2) is 17.2 Å². The Kier molecular flexibility index (Phi) is 7.54. The number of imidazole rings is 1. The number of aliphatic hydroxyl groups is 2. The zero-order valence-electron chi connectivity index (χ0n) is 21.9. The van der Waals surface area contributed by atoms with E-state index in [2.05, 4.69) is 15.6 Å². The van der Waals surface area contributed by atoms with Gasteiger partial charge in [-0.25, -0.2) is 9.97 Å². The molecule has 5 rings (SSSR count). The molecule has 0 unspecified atom stereocenters. The highest BCUT2D eigenvalue weighted by atomic mass is 16.5. The minimum atomic E-state index is -0.571. The van der Waals surface area contributed by atoms with Crippen molar-refractivity contribution in [3.05, 3.63) is 102 Å². The van der Waals surface area contributed by atoms with E-state index in [4.69, 9.17) is 14.8 Å². The Bertz CT molecular complexity index is 1730. The average Bonchev–Trinajstić information content (AvgIpc) is 3.47. The first-order valence-electron chi connectivity index (χ1n) is 12.4. The van der Waals surface area contributed by atoms with Crippen LogP contribution in [0.2, 0.25) is 0 Å². The summed E-state index contributed by atoms with van der Waals surface area (Å²) in [4.78, 5) is 34.1. The number of Topliss-reactive ketones (excluding diaryl/α,β-unsaturated/α-hetero) is 1. The lowest BCUT2D eigenvalue weighted by atomic mass is 10.1. The molecule has 0 fully saturated rings. The quantitative estimate of drug-likeness (QED) is 0.203. The maximum absolute atomic E-state index is 13.1. The van der Waals surface area contributed by atoms with Crippen LogP contribution in [0.3, 0.4) is 0 Å². The molecule has 0 aliphatic heterocycles. The van der Waals surface area contributed by atoms with Gasteiger partial charge in [-0.3, -0.25) is 9.59 Å². The summed E-state index contributed by atoms with van der Waals surface area (Å²) in [5, 5.41) is 24.8. The van der Waals surface area contributed by atoms with Crippen molar-refractivity contribution >= 4 is 34.5 Å². The molecule has 0 bridgehead atoms. The number of hydrogen-bond donors (Lipinski definition) is 4. The predicted octanol–water partition coefficient (Wildman–Crippen LogP) is 4.38. The molecule has 5 aromatic rings. The van der Waals surface area contributed by atoms with Crippen LogP contribution >= 0.6 is 0 Å². The van der Waals surface area contributed by atoms with Crippen molar-refractivity contribution in [3.8, 4) is 17.0 Å². The molecular weight excluding hydrogens is 510 g/mol. The molecule has 0 atom stereocenters. The number of aryl methyl sites for hydroxylation is 1. The smallest absolute Gasteiger partial charge is 0.255 e. The van der Waals surface area contributed by atoms with Gasteiger partial charge in [-0.15, -0.1) is 0 Å². The molecule has 0 saturated heterocycles. The summed E-state index contributed by atoms with van der Waals surface area (Å²) in [5.41, 5.74) is 5.41. The minimum absolute atomic E-state index is 0.139. The third-order valence-corrected chi connectivity index (χ3v) is 6.45. The van der Waals surface area contributed by atoms with E-state index < -0.39 is 6.61 Å². The average molecular weight is 538 g/mol. The molecular formula is C30H27N5O5. The number of ketones is 1. The number of aromatic nitrogens is 3. The lowest BCUT2D eigenvalue weighted by Crippen LogP contribution is -2.13. The SMILES string of the molecule is COc1cc(Nc2nc(-c3cccc(C(=O)Nc4ccc(C(=O)CO)cc4C)c3)cn3ccnc23)ccc1CO. The summed E-state index contributed by atoms with van der Waals surface area (Å²) >= 11 is 0. The zero-order chi connectivity index (χ0) is 28.2. The number of rotatable bonds is 9. The summed E-state index contributed by atoms with van der Waals surface area (Å²) in [6, 6.07) is 17.3. The third kappa shape index (κ3) is 5.39. The molecule has 0 saturated carbocycles. The van der Waals surface area contributed by atoms with Crippen LogP contribution in [0.25, 0.3) is 16.9 Å². The van der Waals surface area contributed by atoms with Crippen LogP contribution in [-0.4, -0.2) is 50.0 Å². The highest BCUT2D eigenvalue weighted by Gasteiger charge is 2.14. The molecule has 1 amide bonds. The van der Waals surface area contributed by atoms with Gasteiger partial charge < -0.3 is 30.0 Å². The van der Waals surface area contributed by atoms with Crippen LogP contribution in [0.1, 0.15) is 31.8 Å². The predicted molar refractivity (Wildman–Crippen MR) is 151 cm³/mol. The first-order valence-corrected chi connectivity index (χ1v) is 12.4. The van der Waals surface area contributed by atoms with Gasteiger partial charge in [0.25, 0.3) is 5.91 Å². The van der Waals surface area contributed by atoms with E-state index in [9.17, 15) is 14.7 Å². The molecule has 0 radical (unpaired) electrons. The van der Waals surface area contributed by atoms with Crippen LogP contribution in [-0.2, 0) is 6.61 Å². The van der Waals surface area contributed by atoms with Gasteiger partial charge in [0, 0.05) is 58.3 Å². The number of methoxy groups -OCH3 is 1. The minimum Gasteiger partial charge on any atom is -0.496 e. The van der Waals surface area contributed by atoms with E-state index in [0.29, 0.717) is 56.5 Å². The molecule has 3 aromatic carbocycles. The van der Waals surface area contributed by atoms with Gasteiger partial charge in [-0.1, -0.05) is 18.2 Å². The molecule has 10 nitrogen and oxygen atoms in total. The number of aliphatic hydroxyl groups excluding tert-OH is 2. The molecule has 0 spiro atoms. The Morgan fingerprint density at radius 3 is 2.62 bits per heavy atom. The fourth-order valence-electron chi connectivity index (χ4n) is 4.33. The van der Waals surface area contributed by atoms with Crippen LogP contribution < -0.4 is 15.4 Å². The van der Waals surface area contributed by atoms with E-state index >= 15 is 0 Å². The number of amides is 1. The maximum Gasteiger partial charge on any atom is 0.255 e. The summed E-state index contributed by atoms with van der Waals surface area (Å²) in [6.45, 7) is 1.07. The van der Waals surface area contributed by atoms with Gasteiger partial charge in [-0.05, 0) is 48.9 Å². The van der Waals surface area contributed by atoms with Gasteiger partial charge in [0.05, 0.1) is 19.4 Å². The van der Waals surface area contributed by atoms with Gasteiger partial charge >= 0.3 is 0 Å². The molecule has 0 aliphatic rings. The lowest BCUT2D eigenvalue weighted by molar-refractivity contribution is 0.0903. The summed E-state index contributed by atoms with van der Waals surface area (Å²) in [6.07, 6.45) is 5.32. The molecule has 40 heavy (non-hydrogen) atoms. The van der Waals surface area contributed by atoms with Crippen molar-refractivity contribution in [2.45, 2.75) is 13.5 Å². The number of nitrogens with one attached hydrogen (secondary N) is 2. The van der Waals surface area contributed by atoms with Crippen LogP contribution in [0.5, 0.6) is 5.75 Å². The topological polar surface area (TPSA) is 138 Å².